The number of morpholine rings is 1. The number of rotatable bonds is 7. The topological polar surface area (TPSA) is 58.6 Å². The van der Waals surface area contributed by atoms with Crippen LogP contribution in [0.4, 0.5) is 5.82 Å². The average Bonchev–Trinajstić information content (AvgIpc) is 3.49. The third-order valence-electron chi connectivity index (χ3n) is 6.99. The monoisotopic (exact) mass is 462 g/mol. The molecule has 0 N–H and O–H groups in total. The van der Waals surface area contributed by atoms with Gasteiger partial charge in [0.15, 0.2) is 5.82 Å². The lowest BCUT2D eigenvalue weighted by atomic mass is 9.96. The number of ether oxygens (including phenoxy) is 1. The van der Waals surface area contributed by atoms with E-state index in [1.54, 1.807) is 0 Å². The van der Waals surface area contributed by atoms with Crippen LogP contribution in [0.2, 0.25) is 0 Å². The molecule has 0 amide bonds. The number of aromatic nitrogens is 2. The lowest BCUT2D eigenvalue weighted by Gasteiger charge is -2.35. The standard InChI is InChI=1S/C28H38N4O2/c1-19-17-34-12-11-32(19)27-24-15-31(18-28(2,3)4)16-25(24)29-26(30-27)22-9-7-21(8-10-22)14-23(33)13-20-5-6-20/h7-10,19-20H,5-6,11-18H2,1-4H3/t19-/m0/s1. The summed E-state index contributed by atoms with van der Waals surface area (Å²) in [7, 11) is 0. The molecule has 6 heteroatoms. The van der Waals surface area contributed by atoms with E-state index < -0.39 is 0 Å². The lowest BCUT2D eigenvalue weighted by Crippen LogP contribution is -2.44. The molecule has 2 fully saturated rings. The summed E-state index contributed by atoms with van der Waals surface area (Å²) in [5.74, 6) is 2.84. The molecule has 1 saturated carbocycles. The van der Waals surface area contributed by atoms with Gasteiger partial charge in [-0.3, -0.25) is 9.69 Å². The minimum absolute atomic E-state index is 0.234. The maximum Gasteiger partial charge on any atom is 0.161 e. The first-order valence-corrected chi connectivity index (χ1v) is 12.8. The summed E-state index contributed by atoms with van der Waals surface area (Å²) in [6, 6.07) is 8.59. The summed E-state index contributed by atoms with van der Waals surface area (Å²) in [5, 5.41) is 0. The molecule has 0 radical (unpaired) electrons. The number of anilines is 1. The van der Waals surface area contributed by atoms with Crippen molar-refractivity contribution in [2.75, 3.05) is 31.2 Å². The second-order valence-electron chi connectivity index (χ2n) is 11.7. The van der Waals surface area contributed by atoms with E-state index in [1.165, 1.54) is 18.4 Å². The van der Waals surface area contributed by atoms with Gasteiger partial charge in [-0.25, -0.2) is 9.97 Å². The predicted molar refractivity (Wildman–Crippen MR) is 135 cm³/mol. The lowest BCUT2D eigenvalue weighted by molar-refractivity contribution is -0.118. The number of carbonyl (C=O) groups is 1. The zero-order valence-corrected chi connectivity index (χ0v) is 21.1. The molecule has 3 heterocycles. The summed E-state index contributed by atoms with van der Waals surface area (Å²) in [4.78, 5) is 27.3. The number of nitrogens with zero attached hydrogens (tertiary/aromatic N) is 4. The molecule has 0 unspecified atom stereocenters. The average molecular weight is 463 g/mol. The van der Waals surface area contributed by atoms with Crippen molar-refractivity contribution in [3.05, 3.63) is 41.1 Å². The SMILES string of the molecule is C[C@H]1COCCN1c1nc(-c2ccc(CC(=O)CC3CC3)cc2)nc2c1CN(CC(C)(C)C)C2. The van der Waals surface area contributed by atoms with Crippen molar-refractivity contribution in [3.8, 4) is 11.4 Å². The van der Waals surface area contributed by atoms with Crippen LogP contribution in [0, 0.1) is 11.3 Å². The predicted octanol–water partition coefficient (Wildman–Crippen LogP) is 4.64. The molecular formula is C28H38N4O2. The van der Waals surface area contributed by atoms with Gasteiger partial charge in [-0.2, -0.15) is 0 Å². The number of benzene rings is 1. The first-order valence-electron chi connectivity index (χ1n) is 12.8. The smallest absolute Gasteiger partial charge is 0.161 e. The normalized spacial score (nSPS) is 21.1. The van der Waals surface area contributed by atoms with Crippen molar-refractivity contribution >= 4 is 11.6 Å². The Morgan fingerprint density at radius 1 is 1.12 bits per heavy atom. The number of hydrogen-bond donors (Lipinski definition) is 0. The van der Waals surface area contributed by atoms with Gasteiger partial charge >= 0.3 is 0 Å². The van der Waals surface area contributed by atoms with Gasteiger partial charge in [0.1, 0.15) is 11.6 Å². The van der Waals surface area contributed by atoms with Crippen LogP contribution >= 0.6 is 0 Å². The highest BCUT2D eigenvalue weighted by Crippen LogP contribution is 2.35. The van der Waals surface area contributed by atoms with Gasteiger partial charge in [0.2, 0.25) is 0 Å². The zero-order chi connectivity index (χ0) is 23.9. The molecule has 6 nitrogen and oxygen atoms in total. The highest BCUT2D eigenvalue weighted by atomic mass is 16.5. The Morgan fingerprint density at radius 3 is 2.56 bits per heavy atom. The van der Waals surface area contributed by atoms with Gasteiger partial charge in [-0.1, -0.05) is 45.0 Å². The molecular weight excluding hydrogens is 424 g/mol. The molecule has 2 aliphatic heterocycles. The Morgan fingerprint density at radius 2 is 1.88 bits per heavy atom. The molecule has 1 aromatic carbocycles. The van der Waals surface area contributed by atoms with Crippen molar-refractivity contribution in [2.45, 2.75) is 72.5 Å². The molecule has 1 atom stereocenters. The minimum Gasteiger partial charge on any atom is -0.377 e. The van der Waals surface area contributed by atoms with Gasteiger partial charge in [-0.15, -0.1) is 0 Å². The summed E-state index contributed by atoms with van der Waals surface area (Å²) >= 11 is 0. The number of Topliss-reactive ketones (excluding diaryl/α,β-unsaturated/α-hetero) is 1. The first kappa shape index (κ1) is 23.4. The summed E-state index contributed by atoms with van der Waals surface area (Å²) in [6.45, 7) is 14.2. The van der Waals surface area contributed by atoms with E-state index in [0.717, 1.165) is 74.3 Å². The fourth-order valence-corrected chi connectivity index (χ4v) is 5.21. The Hall–Kier alpha value is -2.31. The van der Waals surface area contributed by atoms with Crippen LogP contribution in [0.5, 0.6) is 0 Å². The van der Waals surface area contributed by atoms with Crippen LogP contribution in [0.1, 0.15) is 63.8 Å². The molecule has 1 saturated heterocycles. The van der Waals surface area contributed by atoms with Crippen LogP contribution in [-0.2, 0) is 29.0 Å². The van der Waals surface area contributed by atoms with Gasteiger partial charge in [-0.05, 0) is 36.7 Å². The maximum atomic E-state index is 12.3. The quantitative estimate of drug-likeness (QED) is 0.597. The number of fused-ring (bicyclic) bond motifs is 1. The summed E-state index contributed by atoms with van der Waals surface area (Å²) in [6.07, 6.45) is 3.71. The Balaban J connectivity index is 1.42. The number of ketones is 1. The zero-order valence-electron chi connectivity index (χ0n) is 21.1. The molecule has 182 valence electrons. The van der Waals surface area contributed by atoms with Crippen LogP contribution in [-0.4, -0.2) is 53.0 Å². The minimum atomic E-state index is 0.234. The van der Waals surface area contributed by atoms with Crippen molar-refractivity contribution < 1.29 is 9.53 Å². The van der Waals surface area contributed by atoms with Gasteiger partial charge in [0, 0.05) is 50.1 Å². The van der Waals surface area contributed by atoms with E-state index >= 15 is 0 Å². The largest absolute Gasteiger partial charge is 0.377 e. The third-order valence-corrected chi connectivity index (χ3v) is 6.99. The van der Waals surface area contributed by atoms with Crippen molar-refractivity contribution in [1.29, 1.82) is 0 Å². The second-order valence-corrected chi connectivity index (χ2v) is 11.7. The number of hydrogen-bond acceptors (Lipinski definition) is 6. The molecule has 3 aliphatic rings. The van der Waals surface area contributed by atoms with Gasteiger partial charge < -0.3 is 9.64 Å². The highest BCUT2D eigenvalue weighted by Gasteiger charge is 2.32. The fourth-order valence-electron chi connectivity index (χ4n) is 5.21. The van der Waals surface area contributed by atoms with Crippen molar-refractivity contribution in [3.63, 3.8) is 0 Å². The van der Waals surface area contributed by atoms with Crippen LogP contribution in [0.25, 0.3) is 11.4 Å². The maximum absolute atomic E-state index is 12.3. The first-order chi connectivity index (χ1) is 16.2. The second kappa shape index (κ2) is 9.38. The van der Waals surface area contributed by atoms with E-state index in [-0.39, 0.29) is 11.5 Å². The highest BCUT2D eigenvalue weighted by molar-refractivity contribution is 5.81. The Kier molecular flexibility index (Phi) is 6.47. The van der Waals surface area contributed by atoms with E-state index in [4.69, 9.17) is 14.7 Å². The van der Waals surface area contributed by atoms with Crippen LogP contribution in [0.3, 0.4) is 0 Å². The van der Waals surface area contributed by atoms with Gasteiger partial charge in [0.25, 0.3) is 0 Å². The number of carbonyl (C=O) groups excluding carboxylic acids is 1. The summed E-state index contributed by atoms with van der Waals surface area (Å²) in [5.41, 5.74) is 4.74. The molecule has 34 heavy (non-hydrogen) atoms. The Labute approximate surface area is 203 Å². The fraction of sp³-hybridized carbons (Fsp3) is 0.607. The van der Waals surface area contributed by atoms with E-state index in [2.05, 4.69) is 61.8 Å². The molecule has 1 aliphatic carbocycles. The van der Waals surface area contributed by atoms with Crippen molar-refractivity contribution in [2.24, 2.45) is 11.3 Å². The molecule has 0 bridgehead atoms. The molecule has 0 spiro atoms. The van der Waals surface area contributed by atoms with Crippen LogP contribution in [0.15, 0.2) is 24.3 Å². The van der Waals surface area contributed by atoms with E-state index in [0.29, 0.717) is 18.1 Å². The van der Waals surface area contributed by atoms with Crippen LogP contribution < -0.4 is 4.90 Å². The summed E-state index contributed by atoms with van der Waals surface area (Å²) < 4.78 is 5.70. The van der Waals surface area contributed by atoms with Crippen molar-refractivity contribution in [1.82, 2.24) is 14.9 Å². The van der Waals surface area contributed by atoms with E-state index in [9.17, 15) is 4.79 Å². The molecule has 2 aromatic rings. The third kappa shape index (κ3) is 5.49. The molecule has 1 aromatic heterocycles. The van der Waals surface area contributed by atoms with E-state index in [1.807, 2.05) is 0 Å². The molecule has 5 rings (SSSR count). The van der Waals surface area contributed by atoms with Gasteiger partial charge in [0.05, 0.1) is 24.9 Å². The Bertz CT molecular complexity index is 1040.